The molecule has 4 heteroatoms. The monoisotopic (exact) mass is 570 g/mol. The largest absolute Gasteiger partial charge is 0.298 e. The van der Waals surface area contributed by atoms with E-state index in [4.69, 9.17) is 0 Å². The number of aldehydes is 4. The molecule has 0 N–H and O–H groups in total. The molecule has 0 amide bonds. The first-order valence-corrected chi connectivity index (χ1v) is 14.1. The van der Waals surface area contributed by atoms with Crippen LogP contribution < -0.4 is 0 Å². The van der Waals surface area contributed by atoms with Crippen LogP contribution >= 0.6 is 0 Å². The molecule has 44 heavy (non-hydrogen) atoms. The van der Waals surface area contributed by atoms with Crippen LogP contribution in [0.1, 0.15) is 41.4 Å². The van der Waals surface area contributed by atoms with E-state index in [1.165, 1.54) is 0 Å². The Labute approximate surface area is 255 Å². The molecule has 0 heterocycles. The molecule has 0 fully saturated rings. The number of benzene rings is 6. The van der Waals surface area contributed by atoms with Gasteiger partial charge in [-0.25, -0.2) is 0 Å². The lowest BCUT2D eigenvalue weighted by atomic mass is 9.78. The second-order valence-corrected chi connectivity index (χ2v) is 10.4. The maximum absolute atomic E-state index is 11.6. The van der Waals surface area contributed by atoms with Gasteiger partial charge in [-0.2, -0.15) is 0 Å². The van der Waals surface area contributed by atoms with E-state index in [2.05, 4.69) is 18.2 Å². The van der Waals surface area contributed by atoms with Crippen molar-refractivity contribution in [1.82, 2.24) is 0 Å². The van der Waals surface area contributed by atoms with Crippen LogP contribution in [0.15, 0.2) is 133 Å². The standard InChI is InChI=1S/C40H26O4/c41-23-27-6-14-32(15-7-27)37-22-36(31-4-2-1-3-5-31)38(33-16-8-28(24-42)9-17-33)40(35-20-12-30(26-44)13-21-35)39(37)34-18-10-29(25-43)11-19-34/h1-26H. The zero-order valence-electron chi connectivity index (χ0n) is 23.6. The summed E-state index contributed by atoms with van der Waals surface area (Å²) in [5.41, 5.74) is 11.6. The Balaban J connectivity index is 1.81. The summed E-state index contributed by atoms with van der Waals surface area (Å²) >= 11 is 0. The minimum absolute atomic E-state index is 0.561. The molecule has 0 radical (unpaired) electrons. The third-order valence-electron chi connectivity index (χ3n) is 7.78. The third-order valence-corrected chi connectivity index (χ3v) is 7.78. The number of carbonyl (C=O) groups excluding carboxylic acids is 4. The predicted molar refractivity (Wildman–Crippen MR) is 175 cm³/mol. The smallest absolute Gasteiger partial charge is 0.150 e. The summed E-state index contributed by atoms with van der Waals surface area (Å²) in [5, 5.41) is 0. The lowest BCUT2D eigenvalue weighted by molar-refractivity contribution is 0.111. The molecule has 6 rings (SSSR count). The van der Waals surface area contributed by atoms with Crippen LogP contribution in [0.3, 0.4) is 0 Å². The van der Waals surface area contributed by atoms with Crippen LogP contribution in [0.5, 0.6) is 0 Å². The number of hydrogen-bond acceptors (Lipinski definition) is 4. The molecular weight excluding hydrogens is 544 g/mol. The molecule has 6 aromatic rings. The second kappa shape index (κ2) is 12.5. The molecule has 4 nitrogen and oxygen atoms in total. The van der Waals surface area contributed by atoms with Gasteiger partial charge in [-0.05, 0) is 61.7 Å². The van der Waals surface area contributed by atoms with Crippen molar-refractivity contribution in [1.29, 1.82) is 0 Å². The van der Waals surface area contributed by atoms with E-state index in [0.29, 0.717) is 22.3 Å². The highest BCUT2D eigenvalue weighted by Gasteiger charge is 2.24. The van der Waals surface area contributed by atoms with Gasteiger partial charge < -0.3 is 0 Å². The average molecular weight is 571 g/mol. The number of hydrogen-bond donors (Lipinski definition) is 0. The first-order chi connectivity index (χ1) is 21.6. The second-order valence-electron chi connectivity index (χ2n) is 10.4. The first-order valence-electron chi connectivity index (χ1n) is 14.1. The van der Waals surface area contributed by atoms with Crippen LogP contribution in [-0.4, -0.2) is 25.1 Å². The summed E-state index contributed by atoms with van der Waals surface area (Å²) in [6.45, 7) is 0. The molecule has 0 aliphatic carbocycles. The van der Waals surface area contributed by atoms with E-state index < -0.39 is 0 Å². The van der Waals surface area contributed by atoms with Gasteiger partial charge in [0.2, 0.25) is 0 Å². The van der Waals surface area contributed by atoms with E-state index >= 15 is 0 Å². The minimum atomic E-state index is 0.561. The van der Waals surface area contributed by atoms with Crippen LogP contribution in [0.2, 0.25) is 0 Å². The van der Waals surface area contributed by atoms with Gasteiger partial charge in [-0.1, -0.05) is 127 Å². The van der Waals surface area contributed by atoms with Gasteiger partial charge in [0.1, 0.15) is 25.1 Å². The molecule has 0 saturated carbocycles. The molecule has 0 atom stereocenters. The lowest BCUT2D eigenvalue weighted by Gasteiger charge is -2.24. The lowest BCUT2D eigenvalue weighted by Crippen LogP contribution is -1.99. The molecule has 0 aromatic heterocycles. The topological polar surface area (TPSA) is 68.3 Å². The predicted octanol–water partition coefficient (Wildman–Crippen LogP) is 9.27. The minimum Gasteiger partial charge on any atom is -0.298 e. The van der Waals surface area contributed by atoms with Gasteiger partial charge in [0, 0.05) is 22.3 Å². The molecule has 6 aromatic carbocycles. The van der Waals surface area contributed by atoms with E-state index in [1.54, 1.807) is 48.5 Å². The van der Waals surface area contributed by atoms with Crippen LogP contribution in [0.4, 0.5) is 0 Å². The fourth-order valence-corrected chi connectivity index (χ4v) is 5.57. The van der Waals surface area contributed by atoms with Crippen molar-refractivity contribution in [2.45, 2.75) is 0 Å². The van der Waals surface area contributed by atoms with Crippen molar-refractivity contribution in [2.75, 3.05) is 0 Å². The molecular formula is C40H26O4. The van der Waals surface area contributed by atoms with Crippen molar-refractivity contribution in [3.8, 4) is 55.6 Å². The highest BCUT2D eigenvalue weighted by atomic mass is 16.1. The molecule has 0 bridgehead atoms. The Morgan fingerprint density at radius 2 is 0.591 bits per heavy atom. The Morgan fingerprint density at radius 1 is 0.295 bits per heavy atom. The maximum atomic E-state index is 11.6. The normalized spacial score (nSPS) is 10.6. The molecule has 0 unspecified atom stereocenters. The van der Waals surface area contributed by atoms with Crippen LogP contribution in [-0.2, 0) is 0 Å². The van der Waals surface area contributed by atoms with Gasteiger partial charge in [-0.3, -0.25) is 19.2 Å². The van der Waals surface area contributed by atoms with E-state index in [-0.39, 0.29) is 0 Å². The van der Waals surface area contributed by atoms with Crippen LogP contribution in [0.25, 0.3) is 55.6 Å². The van der Waals surface area contributed by atoms with Gasteiger partial charge in [0.15, 0.2) is 0 Å². The van der Waals surface area contributed by atoms with E-state index in [0.717, 1.165) is 80.8 Å². The Kier molecular flexibility index (Phi) is 7.98. The molecule has 0 aliphatic heterocycles. The fraction of sp³-hybridized carbons (Fsp3) is 0. The van der Waals surface area contributed by atoms with Gasteiger partial charge >= 0.3 is 0 Å². The van der Waals surface area contributed by atoms with Crippen molar-refractivity contribution in [3.63, 3.8) is 0 Å². The Hall–Kier alpha value is -6.00. The van der Waals surface area contributed by atoms with Crippen molar-refractivity contribution >= 4 is 25.1 Å². The molecule has 0 aliphatic rings. The first kappa shape index (κ1) is 28.1. The number of carbonyl (C=O) groups is 4. The fourth-order valence-electron chi connectivity index (χ4n) is 5.57. The quantitative estimate of drug-likeness (QED) is 0.163. The molecule has 210 valence electrons. The summed E-state index contributed by atoms with van der Waals surface area (Å²) in [7, 11) is 0. The van der Waals surface area contributed by atoms with Crippen molar-refractivity contribution in [2.24, 2.45) is 0 Å². The zero-order chi connectivity index (χ0) is 30.5. The van der Waals surface area contributed by atoms with Crippen molar-refractivity contribution in [3.05, 3.63) is 156 Å². The summed E-state index contributed by atoms with van der Waals surface area (Å²) in [6.07, 6.45) is 3.29. The molecule has 0 saturated heterocycles. The SMILES string of the molecule is O=Cc1ccc(-c2cc(-c3ccccc3)c(-c3ccc(C=O)cc3)c(-c3ccc(C=O)cc3)c2-c2ccc(C=O)cc2)cc1. The highest BCUT2D eigenvalue weighted by Crippen LogP contribution is 2.50. The van der Waals surface area contributed by atoms with E-state index in [1.807, 2.05) is 66.7 Å². The highest BCUT2D eigenvalue weighted by molar-refractivity contribution is 6.07. The molecule has 0 spiro atoms. The summed E-state index contributed by atoms with van der Waals surface area (Å²) in [6, 6.07) is 42.2. The van der Waals surface area contributed by atoms with Gasteiger partial charge in [0.25, 0.3) is 0 Å². The van der Waals surface area contributed by atoms with Crippen molar-refractivity contribution < 1.29 is 19.2 Å². The maximum Gasteiger partial charge on any atom is 0.150 e. The van der Waals surface area contributed by atoms with Crippen LogP contribution in [0, 0.1) is 0 Å². The summed E-state index contributed by atoms with van der Waals surface area (Å²) < 4.78 is 0. The van der Waals surface area contributed by atoms with Gasteiger partial charge in [0.05, 0.1) is 0 Å². The summed E-state index contributed by atoms with van der Waals surface area (Å²) in [4.78, 5) is 46.2. The van der Waals surface area contributed by atoms with E-state index in [9.17, 15) is 19.2 Å². The third kappa shape index (κ3) is 5.44. The zero-order valence-corrected chi connectivity index (χ0v) is 23.6. The van der Waals surface area contributed by atoms with Gasteiger partial charge in [-0.15, -0.1) is 0 Å². The summed E-state index contributed by atoms with van der Waals surface area (Å²) in [5.74, 6) is 0. The Morgan fingerprint density at radius 3 is 0.932 bits per heavy atom. The average Bonchev–Trinajstić information content (AvgIpc) is 3.11. The Bertz CT molecular complexity index is 1970. The number of rotatable bonds is 9.